The number of likely N-dealkylation sites (tertiary alicyclic amines) is 1. The molecule has 2 aliphatic rings. The average Bonchev–Trinajstić information content (AvgIpc) is 3.13. The van der Waals surface area contributed by atoms with Crippen LogP contribution in [0.4, 0.5) is 11.5 Å². The summed E-state index contributed by atoms with van der Waals surface area (Å²) >= 11 is 6.04. The number of nitrogens with one attached hydrogen (secondary N) is 1. The number of aromatic nitrogens is 2. The Balaban J connectivity index is 1.40. The van der Waals surface area contributed by atoms with E-state index in [9.17, 15) is 4.79 Å². The van der Waals surface area contributed by atoms with E-state index in [1.54, 1.807) is 17.0 Å². The van der Waals surface area contributed by atoms with E-state index < -0.39 is 5.79 Å². The number of benzene rings is 1. The Labute approximate surface area is 162 Å². The lowest BCUT2D eigenvalue weighted by Gasteiger charge is -2.37. The Bertz CT molecular complexity index is 827. The average molecular weight is 389 g/mol. The van der Waals surface area contributed by atoms with Gasteiger partial charge in [-0.1, -0.05) is 17.7 Å². The standard InChI is InChI=1S/C19H21ClN4O3/c1-13-2-3-14(20)12-16(13)21-17-5-4-15(22-23-17)18(25)24-8-6-19(7-9-24)26-10-11-27-19/h2-5,12H,6-11H2,1H3,(H,21,23). The van der Waals surface area contributed by atoms with Crippen molar-refractivity contribution in [1.82, 2.24) is 15.1 Å². The summed E-state index contributed by atoms with van der Waals surface area (Å²) in [5.41, 5.74) is 2.22. The molecule has 0 atom stereocenters. The lowest BCUT2D eigenvalue weighted by atomic mass is 10.0. The molecule has 1 N–H and O–H groups in total. The smallest absolute Gasteiger partial charge is 0.274 e. The number of carbonyl (C=O) groups is 1. The molecule has 2 aromatic rings. The number of nitrogens with zero attached hydrogens (tertiary/aromatic N) is 3. The minimum atomic E-state index is -0.495. The third kappa shape index (κ3) is 3.90. The number of hydrogen-bond acceptors (Lipinski definition) is 6. The molecule has 3 heterocycles. The van der Waals surface area contributed by atoms with Crippen molar-refractivity contribution in [1.29, 1.82) is 0 Å². The van der Waals surface area contributed by atoms with Gasteiger partial charge in [0.1, 0.15) is 0 Å². The third-order valence-corrected chi connectivity index (χ3v) is 5.21. The zero-order valence-corrected chi connectivity index (χ0v) is 15.8. The maximum Gasteiger partial charge on any atom is 0.274 e. The zero-order valence-electron chi connectivity index (χ0n) is 15.1. The number of hydrogen-bond donors (Lipinski definition) is 1. The van der Waals surface area contributed by atoms with Crippen LogP contribution in [-0.4, -0.2) is 53.1 Å². The van der Waals surface area contributed by atoms with Crippen molar-refractivity contribution in [2.45, 2.75) is 25.6 Å². The van der Waals surface area contributed by atoms with Crippen LogP contribution >= 0.6 is 11.6 Å². The minimum absolute atomic E-state index is 0.124. The van der Waals surface area contributed by atoms with Crippen LogP contribution in [0.25, 0.3) is 0 Å². The van der Waals surface area contributed by atoms with Crippen molar-refractivity contribution in [2.24, 2.45) is 0 Å². The van der Waals surface area contributed by atoms with Crippen LogP contribution in [0.15, 0.2) is 30.3 Å². The fraction of sp³-hybridized carbons (Fsp3) is 0.421. The van der Waals surface area contributed by atoms with E-state index in [1.165, 1.54) is 0 Å². The SMILES string of the molecule is Cc1ccc(Cl)cc1Nc1ccc(C(=O)N2CCC3(CC2)OCCO3)nn1. The van der Waals surface area contributed by atoms with Gasteiger partial charge in [0.15, 0.2) is 17.3 Å². The monoisotopic (exact) mass is 388 g/mol. The van der Waals surface area contributed by atoms with E-state index in [1.807, 2.05) is 25.1 Å². The largest absolute Gasteiger partial charge is 0.347 e. The first-order valence-corrected chi connectivity index (χ1v) is 9.37. The molecule has 0 radical (unpaired) electrons. The fourth-order valence-corrected chi connectivity index (χ4v) is 3.55. The van der Waals surface area contributed by atoms with Gasteiger partial charge in [0.2, 0.25) is 0 Å². The lowest BCUT2D eigenvalue weighted by molar-refractivity contribution is -0.181. The van der Waals surface area contributed by atoms with E-state index in [0.717, 1.165) is 11.3 Å². The molecular formula is C19H21ClN4O3. The van der Waals surface area contributed by atoms with E-state index in [4.69, 9.17) is 21.1 Å². The number of rotatable bonds is 3. The molecule has 0 aliphatic carbocycles. The van der Waals surface area contributed by atoms with Crippen molar-refractivity contribution in [3.8, 4) is 0 Å². The van der Waals surface area contributed by atoms with Crippen molar-refractivity contribution < 1.29 is 14.3 Å². The summed E-state index contributed by atoms with van der Waals surface area (Å²) in [6.07, 6.45) is 1.36. The molecule has 1 aromatic heterocycles. The second-order valence-electron chi connectivity index (χ2n) is 6.79. The molecule has 2 fully saturated rings. The van der Waals surface area contributed by atoms with Crippen molar-refractivity contribution in [3.05, 3.63) is 46.6 Å². The molecule has 8 heteroatoms. The van der Waals surface area contributed by atoms with Crippen molar-refractivity contribution in [2.75, 3.05) is 31.6 Å². The number of aryl methyl sites for hydroxylation is 1. The number of halogens is 1. The first kappa shape index (κ1) is 18.2. The Kier molecular flexibility index (Phi) is 4.99. The van der Waals surface area contributed by atoms with Crippen molar-refractivity contribution >= 4 is 29.0 Å². The maximum atomic E-state index is 12.7. The quantitative estimate of drug-likeness (QED) is 0.870. The van der Waals surface area contributed by atoms with Gasteiger partial charge in [-0.15, -0.1) is 10.2 Å². The van der Waals surface area contributed by atoms with Crippen molar-refractivity contribution in [3.63, 3.8) is 0 Å². The highest BCUT2D eigenvalue weighted by atomic mass is 35.5. The molecule has 0 unspecified atom stereocenters. The Morgan fingerprint density at radius 2 is 1.89 bits per heavy atom. The van der Waals surface area contributed by atoms with Gasteiger partial charge in [-0.25, -0.2) is 0 Å². The Morgan fingerprint density at radius 3 is 2.56 bits per heavy atom. The molecule has 142 valence electrons. The number of piperidine rings is 1. The normalized spacial score (nSPS) is 18.7. The van der Waals surface area contributed by atoms with Crippen LogP contribution in [0.2, 0.25) is 5.02 Å². The van der Waals surface area contributed by atoms with E-state index in [2.05, 4.69) is 15.5 Å². The van der Waals surface area contributed by atoms with Gasteiger partial charge in [-0.2, -0.15) is 0 Å². The molecule has 27 heavy (non-hydrogen) atoms. The maximum absolute atomic E-state index is 12.7. The van der Waals surface area contributed by atoms with Gasteiger partial charge in [0.25, 0.3) is 5.91 Å². The molecular weight excluding hydrogens is 368 g/mol. The van der Waals surface area contributed by atoms with Crippen LogP contribution in [0.1, 0.15) is 28.9 Å². The number of amides is 1. The first-order valence-electron chi connectivity index (χ1n) is 8.99. The van der Waals surface area contributed by atoms with Gasteiger partial charge < -0.3 is 19.7 Å². The highest BCUT2D eigenvalue weighted by molar-refractivity contribution is 6.30. The summed E-state index contributed by atoms with van der Waals surface area (Å²) in [4.78, 5) is 14.4. The van der Waals surface area contributed by atoms with Gasteiger partial charge in [0, 0.05) is 36.6 Å². The molecule has 1 amide bonds. The molecule has 1 spiro atoms. The highest BCUT2D eigenvalue weighted by Crippen LogP contribution is 2.31. The first-order chi connectivity index (χ1) is 13.0. The van der Waals surface area contributed by atoms with Gasteiger partial charge in [0.05, 0.1) is 13.2 Å². The molecule has 2 aliphatic heterocycles. The summed E-state index contributed by atoms with van der Waals surface area (Å²) in [6.45, 7) is 4.40. The second-order valence-corrected chi connectivity index (χ2v) is 7.22. The van der Waals surface area contributed by atoms with Gasteiger partial charge >= 0.3 is 0 Å². The summed E-state index contributed by atoms with van der Waals surface area (Å²) in [6, 6.07) is 9.02. The van der Waals surface area contributed by atoms with Gasteiger partial charge in [-0.05, 0) is 36.8 Å². The van der Waals surface area contributed by atoms with Crippen LogP contribution in [0, 0.1) is 6.92 Å². The zero-order chi connectivity index (χ0) is 18.9. The van der Waals surface area contributed by atoms with Crippen LogP contribution in [0.5, 0.6) is 0 Å². The molecule has 4 rings (SSSR count). The number of anilines is 2. The minimum Gasteiger partial charge on any atom is -0.347 e. The molecule has 7 nitrogen and oxygen atoms in total. The Morgan fingerprint density at radius 1 is 1.15 bits per heavy atom. The van der Waals surface area contributed by atoms with Gasteiger partial charge in [-0.3, -0.25) is 4.79 Å². The summed E-state index contributed by atoms with van der Waals surface area (Å²) in [5.74, 6) is -0.0616. The molecule has 1 aromatic carbocycles. The second kappa shape index (κ2) is 7.42. The summed E-state index contributed by atoms with van der Waals surface area (Å²) in [7, 11) is 0. The Hall–Kier alpha value is -2.22. The molecule has 2 saturated heterocycles. The molecule has 0 saturated carbocycles. The summed E-state index contributed by atoms with van der Waals surface area (Å²) in [5, 5.41) is 12.0. The van der Waals surface area contributed by atoms with E-state index >= 15 is 0 Å². The topological polar surface area (TPSA) is 76.6 Å². The third-order valence-electron chi connectivity index (χ3n) is 4.97. The van der Waals surface area contributed by atoms with Crippen LogP contribution in [-0.2, 0) is 9.47 Å². The van der Waals surface area contributed by atoms with E-state index in [-0.39, 0.29) is 5.91 Å². The predicted molar refractivity (Wildman–Crippen MR) is 101 cm³/mol. The van der Waals surface area contributed by atoms with E-state index in [0.29, 0.717) is 55.7 Å². The fourth-order valence-electron chi connectivity index (χ4n) is 3.38. The number of ether oxygens (including phenoxy) is 2. The molecule has 0 bridgehead atoms. The van der Waals surface area contributed by atoms with Crippen LogP contribution < -0.4 is 5.32 Å². The number of carbonyl (C=O) groups excluding carboxylic acids is 1. The lowest BCUT2D eigenvalue weighted by Crippen LogP contribution is -2.47. The summed E-state index contributed by atoms with van der Waals surface area (Å²) < 4.78 is 11.4. The predicted octanol–water partition coefficient (Wildman–Crippen LogP) is 3.16. The van der Waals surface area contributed by atoms with Crippen LogP contribution in [0.3, 0.4) is 0 Å². The highest BCUT2D eigenvalue weighted by Gasteiger charge is 2.41.